The van der Waals surface area contributed by atoms with Gasteiger partial charge in [0.1, 0.15) is 5.82 Å². The minimum Gasteiger partial charge on any atom is -0.357 e. The highest BCUT2D eigenvalue weighted by Crippen LogP contribution is 2.24. The average molecular weight is 280 g/mol. The lowest BCUT2D eigenvalue weighted by Crippen LogP contribution is -2.36. The highest BCUT2D eigenvalue weighted by molar-refractivity contribution is 5.50. The van der Waals surface area contributed by atoms with Gasteiger partial charge in [0.2, 0.25) is 0 Å². The zero-order chi connectivity index (χ0) is 15.3. The van der Waals surface area contributed by atoms with E-state index in [1.165, 1.54) is 24.2 Å². The number of rotatable bonds is 7. The predicted octanol–water partition coefficient (Wildman–Crippen LogP) is 3.24. The smallest absolute Gasteiger partial charge is 0.131 e. The molecule has 116 valence electrons. The maximum Gasteiger partial charge on any atom is 0.131 e. The zero-order valence-corrected chi connectivity index (χ0v) is 14.4. The van der Waals surface area contributed by atoms with Crippen LogP contribution in [0.4, 0.5) is 5.82 Å². The third kappa shape index (κ3) is 4.51. The van der Waals surface area contributed by atoms with Crippen LogP contribution in [-0.2, 0) is 13.6 Å². The molecule has 0 aliphatic heterocycles. The van der Waals surface area contributed by atoms with E-state index in [4.69, 9.17) is 0 Å². The second kappa shape index (κ2) is 7.11. The van der Waals surface area contributed by atoms with Gasteiger partial charge in [0.05, 0.1) is 5.69 Å². The van der Waals surface area contributed by atoms with E-state index in [2.05, 4.69) is 63.9 Å². The van der Waals surface area contributed by atoms with Crippen LogP contribution >= 0.6 is 0 Å². The molecule has 0 amide bonds. The molecule has 0 saturated heterocycles. The Hall–Kier alpha value is -1.03. The molecule has 1 aromatic heterocycles. The molecule has 0 radical (unpaired) electrons. The lowest BCUT2D eigenvalue weighted by atomic mass is 10.1. The summed E-state index contributed by atoms with van der Waals surface area (Å²) in [5.74, 6) is 1.27. The highest BCUT2D eigenvalue weighted by Gasteiger charge is 2.19. The Kier molecular flexibility index (Phi) is 6.06. The van der Waals surface area contributed by atoms with Crippen LogP contribution in [0.2, 0.25) is 0 Å². The predicted molar refractivity (Wildman–Crippen MR) is 87.3 cm³/mol. The Labute approximate surface area is 124 Å². The van der Waals surface area contributed by atoms with Crippen molar-refractivity contribution in [2.75, 3.05) is 18.0 Å². The van der Waals surface area contributed by atoms with Crippen LogP contribution in [0.15, 0.2) is 0 Å². The van der Waals surface area contributed by atoms with Gasteiger partial charge in [-0.15, -0.1) is 0 Å². The van der Waals surface area contributed by atoms with Crippen LogP contribution in [0.5, 0.6) is 0 Å². The molecule has 0 aromatic carbocycles. The van der Waals surface area contributed by atoms with Crippen LogP contribution in [0.25, 0.3) is 0 Å². The minimum absolute atomic E-state index is 0.125. The first-order chi connectivity index (χ1) is 9.30. The van der Waals surface area contributed by atoms with E-state index in [-0.39, 0.29) is 5.54 Å². The fraction of sp³-hybridized carbons (Fsp3) is 0.812. The lowest BCUT2D eigenvalue weighted by Gasteiger charge is -2.26. The SMILES string of the molecule is CCCCN(CC)c1c(CNC(C)(C)C)c(C)nn1C. The molecule has 1 rings (SSSR count). The van der Waals surface area contributed by atoms with Crippen molar-refractivity contribution in [3.63, 3.8) is 0 Å². The third-order valence-electron chi connectivity index (χ3n) is 3.57. The van der Waals surface area contributed by atoms with Gasteiger partial charge in [0, 0.05) is 37.8 Å². The fourth-order valence-corrected chi connectivity index (χ4v) is 2.41. The van der Waals surface area contributed by atoms with Crippen LogP contribution in [0, 0.1) is 6.92 Å². The number of nitrogens with zero attached hydrogens (tertiary/aromatic N) is 3. The van der Waals surface area contributed by atoms with Crippen molar-refractivity contribution in [2.45, 2.75) is 66.5 Å². The molecule has 0 atom stereocenters. The summed E-state index contributed by atoms with van der Waals surface area (Å²) in [5.41, 5.74) is 2.59. The van der Waals surface area contributed by atoms with Gasteiger partial charge in [-0.2, -0.15) is 5.10 Å². The Bertz CT molecular complexity index is 415. The summed E-state index contributed by atoms with van der Waals surface area (Å²) in [6.07, 6.45) is 2.45. The molecule has 4 nitrogen and oxygen atoms in total. The van der Waals surface area contributed by atoms with Crippen molar-refractivity contribution in [3.05, 3.63) is 11.3 Å². The summed E-state index contributed by atoms with van der Waals surface area (Å²) < 4.78 is 2.04. The normalized spacial score (nSPS) is 11.9. The van der Waals surface area contributed by atoms with Crippen LogP contribution in [-0.4, -0.2) is 28.4 Å². The highest BCUT2D eigenvalue weighted by atomic mass is 15.4. The van der Waals surface area contributed by atoms with Gasteiger partial charge < -0.3 is 10.2 Å². The average Bonchev–Trinajstić information content (AvgIpc) is 2.62. The van der Waals surface area contributed by atoms with Gasteiger partial charge in [0.25, 0.3) is 0 Å². The molecule has 20 heavy (non-hydrogen) atoms. The Morgan fingerprint density at radius 2 is 1.90 bits per heavy atom. The molecule has 1 aromatic rings. The van der Waals surface area contributed by atoms with Crippen LogP contribution in [0.1, 0.15) is 58.7 Å². The van der Waals surface area contributed by atoms with E-state index >= 15 is 0 Å². The molecule has 0 unspecified atom stereocenters. The summed E-state index contributed by atoms with van der Waals surface area (Å²) in [7, 11) is 2.05. The monoisotopic (exact) mass is 280 g/mol. The number of aryl methyl sites for hydroxylation is 2. The second-order valence-electron chi connectivity index (χ2n) is 6.55. The summed E-state index contributed by atoms with van der Waals surface area (Å²) >= 11 is 0. The number of aromatic nitrogens is 2. The van der Waals surface area contributed by atoms with Crippen molar-refractivity contribution in [1.29, 1.82) is 0 Å². The van der Waals surface area contributed by atoms with E-state index in [0.717, 1.165) is 25.3 Å². The van der Waals surface area contributed by atoms with Gasteiger partial charge in [-0.1, -0.05) is 13.3 Å². The number of anilines is 1. The Balaban J connectivity index is 2.98. The van der Waals surface area contributed by atoms with Gasteiger partial charge in [-0.25, -0.2) is 0 Å². The first kappa shape index (κ1) is 17.0. The number of unbranched alkanes of at least 4 members (excludes halogenated alkanes) is 1. The fourth-order valence-electron chi connectivity index (χ4n) is 2.41. The maximum absolute atomic E-state index is 4.62. The zero-order valence-electron chi connectivity index (χ0n) is 14.4. The molecule has 0 saturated carbocycles. The first-order valence-electron chi connectivity index (χ1n) is 7.82. The van der Waals surface area contributed by atoms with Crippen molar-refractivity contribution < 1.29 is 0 Å². The molecule has 0 aliphatic rings. The molecule has 0 spiro atoms. The number of hydrogen-bond acceptors (Lipinski definition) is 3. The summed E-state index contributed by atoms with van der Waals surface area (Å²) in [4.78, 5) is 2.45. The van der Waals surface area contributed by atoms with E-state index in [0.29, 0.717) is 0 Å². The van der Waals surface area contributed by atoms with Gasteiger partial charge >= 0.3 is 0 Å². The van der Waals surface area contributed by atoms with E-state index in [1.54, 1.807) is 0 Å². The molecule has 0 bridgehead atoms. The second-order valence-corrected chi connectivity index (χ2v) is 6.55. The summed E-state index contributed by atoms with van der Waals surface area (Å²) in [6, 6.07) is 0. The van der Waals surface area contributed by atoms with Crippen LogP contribution in [0.3, 0.4) is 0 Å². The molecule has 4 heteroatoms. The first-order valence-corrected chi connectivity index (χ1v) is 7.82. The van der Waals surface area contributed by atoms with E-state index in [9.17, 15) is 0 Å². The summed E-state index contributed by atoms with van der Waals surface area (Å²) in [5, 5.41) is 8.21. The van der Waals surface area contributed by atoms with Crippen molar-refractivity contribution >= 4 is 5.82 Å². The van der Waals surface area contributed by atoms with Crippen molar-refractivity contribution in [3.8, 4) is 0 Å². The topological polar surface area (TPSA) is 33.1 Å². The van der Waals surface area contributed by atoms with Crippen molar-refractivity contribution in [1.82, 2.24) is 15.1 Å². The molecule has 1 heterocycles. The molecular formula is C16H32N4. The largest absolute Gasteiger partial charge is 0.357 e. The Morgan fingerprint density at radius 1 is 1.25 bits per heavy atom. The molecule has 0 aliphatic carbocycles. The number of nitrogens with one attached hydrogen (secondary N) is 1. The third-order valence-corrected chi connectivity index (χ3v) is 3.57. The Morgan fingerprint density at radius 3 is 2.40 bits per heavy atom. The minimum atomic E-state index is 0.125. The maximum atomic E-state index is 4.62. The molecule has 0 fully saturated rings. The molecular weight excluding hydrogens is 248 g/mol. The standard InChI is InChI=1S/C16H32N4/c1-8-10-11-20(9-2)15-14(12-17-16(4,5)6)13(3)18-19(15)7/h17H,8-12H2,1-7H3. The van der Waals surface area contributed by atoms with E-state index in [1.807, 2.05) is 4.68 Å². The quantitative estimate of drug-likeness (QED) is 0.832. The van der Waals surface area contributed by atoms with Gasteiger partial charge in [-0.05, 0) is 41.0 Å². The molecule has 1 N–H and O–H groups in total. The summed E-state index contributed by atoms with van der Waals surface area (Å²) in [6.45, 7) is 16.2. The number of hydrogen-bond donors (Lipinski definition) is 1. The van der Waals surface area contributed by atoms with Gasteiger partial charge in [-0.3, -0.25) is 4.68 Å². The van der Waals surface area contributed by atoms with E-state index < -0.39 is 0 Å². The van der Waals surface area contributed by atoms with Crippen molar-refractivity contribution in [2.24, 2.45) is 7.05 Å². The lowest BCUT2D eigenvalue weighted by molar-refractivity contribution is 0.423. The van der Waals surface area contributed by atoms with Gasteiger partial charge in [0.15, 0.2) is 0 Å². The van der Waals surface area contributed by atoms with Crippen LogP contribution < -0.4 is 10.2 Å².